The molecule has 136 valence electrons. The van der Waals surface area contributed by atoms with Crippen LogP contribution in [0.1, 0.15) is 0 Å². The number of aromatic amines is 1. The molecule has 3 rings (SSSR count). The average Bonchev–Trinajstić information content (AvgIpc) is 2.94. The van der Waals surface area contributed by atoms with Crippen LogP contribution in [0.5, 0.6) is 0 Å². The lowest BCUT2D eigenvalue weighted by atomic mass is 10.1. The molecule has 0 unspecified atom stereocenters. The van der Waals surface area contributed by atoms with Crippen molar-refractivity contribution in [2.45, 2.75) is 4.90 Å². The van der Waals surface area contributed by atoms with Crippen LogP contribution in [0.2, 0.25) is 10.0 Å². The van der Waals surface area contributed by atoms with Crippen LogP contribution in [0.15, 0.2) is 35.2 Å². The molecule has 1 aromatic heterocycles. The Kier molecular flexibility index (Phi) is 4.80. The number of fused-ring (bicyclic) bond motifs is 1. The van der Waals surface area contributed by atoms with Gasteiger partial charge in [0, 0.05) is 5.56 Å². The quantitative estimate of drug-likeness (QED) is 0.556. The summed E-state index contributed by atoms with van der Waals surface area (Å²) in [5.74, 6) is 0.185. The zero-order chi connectivity index (χ0) is 19.1. The first-order valence-electron chi connectivity index (χ1n) is 7.01. The third kappa shape index (κ3) is 3.47. The van der Waals surface area contributed by atoms with E-state index < -0.39 is 21.1 Å². The van der Waals surface area contributed by atoms with Gasteiger partial charge < -0.3 is 9.72 Å². The van der Waals surface area contributed by atoms with Crippen molar-refractivity contribution in [1.29, 1.82) is 0 Å². The molecule has 0 saturated carbocycles. The minimum atomic E-state index is -4.59. The minimum Gasteiger partial charge on any atom is -0.453 e. The van der Waals surface area contributed by atoms with Crippen LogP contribution in [0, 0.1) is 0 Å². The molecule has 11 heteroatoms. The van der Waals surface area contributed by atoms with E-state index in [1.807, 2.05) is 0 Å². The van der Waals surface area contributed by atoms with Gasteiger partial charge in [0.05, 0.1) is 28.2 Å². The van der Waals surface area contributed by atoms with E-state index in [0.29, 0.717) is 22.2 Å². The van der Waals surface area contributed by atoms with Gasteiger partial charge in [-0.15, -0.1) is 0 Å². The average molecular weight is 416 g/mol. The SMILES string of the molecule is COC(=O)Nc1nc2ccc(-c3ccc(Cl)c(S(=O)(=O)O)c3Cl)cc2[nH]1. The van der Waals surface area contributed by atoms with E-state index in [1.54, 1.807) is 18.2 Å². The molecule has 3 N–H and O–H groups in total. The number of ether oxygens (including phenoxy) is 1. The molecule has 0 aliphatic carbocycles. The number of aromatic nitrogens is 2. The summed E-state index contributed by atoms with van der Waals surface area (Å²) in [6.07, 6.45) is -0.678. The van der Waals surface area contributed by atoms with Crippen molar-refractivity contribution < 1.29 is 22.5 Å². The summed E-state index contributed by atoms with van der Waals surface area (Å²) in [4.78, 5) is 17.7. The fourth-order valence-corrected chi connectivity index (χ4v) is 4.09. The standard InChI is InChI=1S/C15H11Cl2N3O5S/c1-25-15(21)20-14-18-10-5-2-7(6-11(10)19-14)8-3-4-9(16)13(12(8)17)26(22,23)24/h2-6H,1H3,(H,22,23,24)(H2,18,19,20,21). The second-order valence-electron chi connectivity index (χ2n) is 5.15. The number of carbonyl (C=O) groups excluding carboxylic acids is 1. The van der Waals surface area contributed by atoms with Crippen LogP contribution in [-0.4, -0.2) is 36.1 Å². The van der Waals surface area contributed by atoms with Gasteiger partial charge in [-0.3, -0.25) is 9.87 Å². The summed E-state index contributed by atoms with van der Waals surface area (Å²) < 4.78 is 36.9. The second-order valence-corrected chi connectivity index (χ2v) is 7.29. The molecule has 0 spiro atoms. The van der Waals surface area contributed by atoms with Crippen LogP contribution in [0.4, 0.5) is 10.7 Å². The van der Waals surface area contributed by atoms with Crippen molar-refractivity contribution in [3.8, 4) is 11.1 Å². The van der Waals surface area contributed by atoms with E-state index in [0.717, 1.165) is 0 Å². The van der Waals surface area contributed by atoms with Crippen LogP contribution < -0.4 is 5.32 Å². The highest BCUT2D eigenvalue weighted by molar-refractivity contribution is 7.86. The summed E-state index contributed by atoms with van der Waals surface area (Å²) in [7, 11) is -3.37. The second kappa shape index (κ2) is 6.76. The molecule has 3 aromatic rings. The smallest absolute Gasteiger partial charge is 0.413 e. The molecule has 0 atom stereocenters. The zero-order valence-electron chi connectivity index (χ0n) is 13.1. The molecule has 0 radical (unpaired) electrons. The third-order valence-electron chi connectivity index (χ3n) is 3.51. The number of halogens is 2. The van der Waals surface area contributed by atoms with E-state index in [2.05, 4.69) is 20.0 Å². The topological polar surface area (TPSA) is 121 Å². The molecule has 0 fully saturated rings. The Bertz CT molecular complexity index is 1130. The highest BCUT2D eigenvalue weighted by Crippen LogP contribution is 2.38. The van der Waals surface area contributed by atoms with Crippen LogP contribution >= 0.6 is 23.2 Å². The van der Waals surface area contributed by atoms with Gasteiger partial charge in [0.1, 0.15) is 4.90 Å². The van der Waals surface area contributed by atoms with Crippen molar-refractivity contribution in [2.75, 3.05) is 12.4 Å². The molecule has 0 aliphatic heterocycles. The van der Waals surface area contributed by atoms with Gasteiger partial charge in [0.25, 0.3) is 10.1 Å². The Morgan fingerprint density at radius 3 is 2.65 bits per heavy atom. The largest absolute Gasteiger partial charge is 0.453 e. The van der Waals surface area contributed by atoms with E-state index in [-0.39, 0.29) is 16.0 Å². The number of hydrogen-bond acceptors (Lipinski definition) is 5. The number of carbonyl (C=O) groups is 1. The number of anilines is 1. The Labute approximate surface area is 157 Å². The first-order chi connectivity index (χ1) is 12.2. The number of amides is 1. The zero-order valence-corrected chi connectivity index (χ0v) is 15.4. The summed E-state index contributed by atoms with van der Waals surface area (Å²) in [6.45, 7) is 0. The predicted molar refractivity (Wildman–Crippen MR) is 97.4 cm³/mol. The number of nitrogens with zero attached hydrogens (tertiary/aromatic N) is 1. The van der Waals surface area contributed by atoms with E-state index >= 15 is 0 Å². The van der Waals surface area contributed by atoms with Crippen molar-refractivity contribution >= 4 is 56.4 Å². The summed E-state index contributed by atoms with van der Waals surface area (Å²) in [5, 5.41) is 2.02. The van der Waals surface area contributed by atoms with Crippen LogP contribution in [-0.2, 0) is 14.9 Å². The third-order valence-corrected chi connectivity index (χ3v) is 5.38. The lowest BCUT2D eigenvalue weighted by Crippen LogP contribution is -2.11. The normalized spacial score (nSPS) is 11.5. The van der Waals surface area contributed by atoms with Gasteiger partial charge in [-0.25, -0.2) is 9.78 Å². The fourth-order valence-electron chi connectivity index (χ4n) is 2.38. The highest BCUT2D eigenvalue weighted by Gasteiger charge is 2.22. The van der Waals surface area contributed by atoms with Gasteiger partial charge in [0.15, 0.2) is 0 Å². The van der Waals surface area contributed by atoms with Crippen molar-refractivity contribution in [1.82, 2.24) is 9.97 Å². The van der Waals surface area contributed by atoms with E-state index in [1.165, 1.54) is 19.2 Å². The number of H-pyrrole nitrogens is 1. The first-order valence-corrected chi connectivity index (χ1v) is 9.21. The number of benzene rings is 2. The summed E-state index contributed by atoms with van der Waals surface area (Å²) in [6, 6.07) is 7.83. The highest BCUT2D eigenvalue weighted by atomic mass is 35.5. The number of nitrogens with one attached hydrogen (secondary N) is 2. The Morgan fingerprint density at radius 2 is 2.00 bits per heavy atom. The van der Waals surface area contributed by atoms with Crippen molar-refractivity contribution in [2.24, 2.45) is 0 Å². The maximum absolute atomic E-state index is 11.5. The Hall–Kier alpha value is -2.33. The van der Waals surface area contributed by atoms with Gasteiger partial charge >= 0.3 is 6.09 Å². The van der Waals surface area contributed by atoms with Crippen molar-refractivity contribution in [3.63, 3.8) is 0 Å². The van der Waals surface area contributed by atoms with Gasteiger partial charge in [-0.1, -0.05) is 35.3 Å². The number of methoxy groups -OCH3 is 1. The van der Waals surface area contributed by atoms with Gasteiger partial charge in [-0.05, 0) is 23.8 Å². The molecular formula is C15H11Cl2N3O5S. The maximum atomic E-state index is 11.5. The fraction of sp³-hybridized carbons (Fsp3) is 0.0667. The molecule has 1 heterocycles. The number of imidazole rings is 1. The van der Waals surface area contributed by atoms with E-state index in [4.69, 9.17) is 23.2 Å². The molecule has 2 aromatic carbocycles. The molecular weight excluding hydrogens is 405 g/mol. The molecule has 1 amide bonds. The van der Waals surface area contributed by atoms with Crippen LogP contribution in [0.3, 0.4) is 0 Å². The minimum absolute atomic E-state index is 0.185. The van der Waals surface area contributed by atoms with Crippen molar-refractivity contribution in [3.05, 3.63) is 40.4 Å². The molecule has 0 saturated heterocycles. The molecule has 8 nitrogen and oxygen atoms in total. The Morgan fingerprint density at radius 1 is 1.27 bits per heavy atom. The molecule has 0 bridgehead atoms. The lowest BCUT2D eigenvalue weighted by Gasteiger charge is -2.09. The lowest BCUT2D eigenvalue weighted by molar-refractivity contribution is 0.186. The van der Waals surface area contributed by atoms with Gasteiger partial charge in [0.2, 0.25) is 5.95 Å². The van der Waals surface area contributed by atoms with Gasteiger partial charge in [-0.2, -0.15) is 8.42 Å². The summed E-state index contributed by atoms with van der Waals surface area (Å²) in [5.41, 5.74) is 2.02. The molecule has 0 aliphatic rings. The predicted octanol–water partition coefficient (Wildman–Crippen LogP) is 3.96. The first kappa shape index (κ1) is 18.5. The number of rotatable bonds is 3. The molecule has 26 heavy (non-hydrogen) atoms. The monoisotopic (exact) mass is 415 g/mol. The number of hydrogen-bond donors (Lipinski definition) is 3. The summed E-state index contributed by atoms with van der Waals surface area (Å²) >= 11 is 12.0. The maximum Gasteiger partial charge on any atom is 0.413 e. The van der Waals surface area contributed by atoms with Crippen LogP contribution in [0.25, 0.3) is 22.2 Å². The van der Waals surface area contributed by atoms with E-state index in [9.17, 15) is 17.8 Å². The Balaban J connectivity index is 2.10.